The summed E-state index contributed by atoms with van der Waals surface area (Å²) in [7, 11) is 0. The second-order valence-electron chi connectivity index (χ2n) is 4.11. The zero-order chi connectivity index (χ0) is 12.0. The SMILES string of the molecule is CC.Cc1cccc(C2=CC(C)CC=C2)c1. The Labute approximate surface area is 99.7 Å². The maximum Gasteiger partial charge on any atom is -0.0185 e. The van der Waals surface area contributed by atoms with Crippen LogP contribution in [-0.2, 0) is 0 Å². The van der Waals surface area contributed by atoms with E-state index in [0.717, 1.165) is 0 Å². The van der Waals surface area contributed by atoms with Crippen molar-refractivity contribution < 1.29 is 0 Å². The summed E-state index contributed by atoms with van der Waals surface area (Å²) in [6, 6.07) is 8.69. The molecule has 0 nitrogen and oxygen atoms in total. The lowest BCUT2D eigenvalue weighted by Gasteiger charge is -2.12. The molecule has 2 rings (SSSR count). The summed E-state index contributed by atoms with van der Waals surface area (Å²) in [6.45, 7) is 8.40. The molecule has 1 aliphatic rings. The number of benzene rings is 1. The number of hydrogen-bond acceptors (Lipinski definition) is 0. The molecule has 0 saturated carbocycles. The minimum Gasteiger partial charge on any atom is -0.0834 e. The van der Waals surface area contributed by atoms with Gasteiger partial charge in [-0.25, -0.2) is 0 Å². The van der Waals surface area contributed by atoms with Crippen molar-refractivity contribution in [3.63, 3.8) is 0 Å². The Morgan fingerprint density at radius 3 is 2.56 bits per heavy atom. The standard InChI is InChI=1S/C14H16.C2H6/c1-11-5-3-7-13(9-11)14-8-4-6-12(2)10-14;1-2/h3-5,7-10,12H,6H2,1-2H3;1-2H3. The van der Waals surface area contributed by atoms with E-state index in [0.29, 0.717) is 5.92 Å². The summed E-state index contributed by atoms with van der Waals surface area (Å²) < 4.78 is 0. The molecule has 0 radical (unpaired) electrons. The third-order valence-corrected chi connectivity index (χ3v) is 2.62. The van der Waals surface area contributed by atoms with E-state index < -0.39 is 0 Å². The fraction of sp³-hybridized carbons (Fsp3) is 0.375. The molecule has 0 aliphatic heterocycles. The molecule has 1 aromatic rings. The van der Waals surface area contributed by atoms with Gasteiger partial charge < -0.3 is 0 Å². The minimum absolute atomic E-state index is 0.676. The number of aryl methyl sites for hydroxylation is 1. The van der Waals surface area contributed by atoms with Crippen molar-refractivity contribution in [3.8, 4) is 0 Å². The third kappa shape index (κ3) is 3.37. The molecule has 0 fully saturated rings. The Hall–Kier alpha value is -1.30. The van der Waals surface area contributed by atoms with Crippen LogP contribution in [0.2, 0.25) is 0 Å². The summed E-state index contributed by atoms with van der Waals surface area (Å²) in [5, 5.41) is 0. The first-order valence-electron chi connectivity index (χ1n) is 6.21. The van der Waals surface area contributed by atoms with Crippen LogP contribution in [-0.4, -0.2) is 0 Å². The van der Waals surface area contributed by atoms with Gasteiger partial charge in [0, 0.05) is 0 Å². The minimum atomic E-state index is 0.676. The molecular weight excluding hydrogens is 192 g/mol. The van der Waals surface area contributed by atoms with Gasteiger partial charge in [0.25, 0.3) is 0 Å². The predicted octanol–water partition coefficient (Wildman–Crippen LogP) is 5.00. The van der Waals surface area contributed by atoms with E-state index >= 15 is 0 Å². The molecule has 86 valence electrons. The Morgan fingerprint density at radius 2 is 1.94 bits per heavy atom. The van der Waals surface area contributed by atoms with Crippen LogP contribution in [0, 0.1) is 12.8 Å². The monoisotopic (exact) mass is 214 g/mol. The maximum atomic E-state index is 2.36. The van der Waals surface area contributed by atoms with Crippen molar-refractivity contribution in [2.75, 3.05) is 0 Å². The summed E-state index contributed by atoms with van der Waals surface area (Å²) in [5.41, 5.74) is 4.04. The Balaban J connectivity index is 0.000000606. The van der Waals surface area contributed by atoms with E-state index in [1.165, 1.54) is 23.1 Å². The van der Waals surface area contributed by atoms with Gasteiger partial charge in [-0.1, -0.05) is 68.8 Å². The van der Waals surface area contributed by atoms with E-state index in [1.54, 1.807) is 0 Å². The Morgan fingerprint density at radius 1 is 1.19 bits per heavy atom. The Kier molecular flexibility index (Phi) is 5.04. The first-order valence-corrected chi connectivity index (χ1v) is 6.21. The lowest BCUT2D eigenvalue weighted by molar-refractivity contribution is 0.740. The molecule has 0 bridgehead atoms. The van der Waals surface area contributed by atoms with E-state index in [4.69, 9.17) is 0 Å². The highest BCUT2D eigenvalue weighted by atomic mass is 14.1. The molecule has 1 atom stereocenters. The fourth-order valence-electron chi connectivity index (χ4n) is 1.86. The number of hydrogen-bond donors (Lipinski definition) is 0. The summed E-state index contributed by atoms with van der Waals surface area (Å²) in [4.78, 5) is 0. The summed E-state index contributed by atoms with van der Waals surface area (Å²) in [5.74, 6) is 0.676. The quantitative estimate of drug-likeness (QED) is 0.617. The van der Waals surface area contributed by atoms with Crippen LogP contribution in [0.5, 0.6) is 0 Å². The van der Waals surface area contributed by atoms with Gasteiger partial charge in [0.1, 0.15) is 0 Å². The summed E-state index contributed by atoms with van der Waals surface area (Å²) in [6.07, 6.45) is 8.03. The van der Waals surface area contributed by atoms with Gasteiger partial charge in [0.2, 0.25) is 0 Å². The van der Waals surface area contributed by atoms with Crippen LogP contribution in [0.1, 0.15) is 38.3 Å². The molecule has 0 saturated heterocycles. The molecule has 1 aromatic carbocycles. The zero-order valence-corrected chi connectivity index (χ0v) is 10.8. The topological polar surface area (TPSA) is 0 Å². The molecule has 0 heterocycles. The van der Waals surface area contributed by atoms with Crippen molar-refractivity contribution in [3.05, 3.63) is 53.6 Å². The van der Waals surface area contributed by atoms with E-state index in [1.807, 2.05) is 13.8 Å². The normalized spacial score (nSPS) is 18.5. The van der Waals surface area contributed by atoms with Gasteiger partial charge in [-0.15, -0.1) is 0 Å². The van der Waals surface area contributed by atoms with Gasteiger partial charge in [-0.3, -0.25) is 0 Å². The molecule has 16 heavy (non-hydrogen) atoms. The first kappa shape index (κ1) is 12.8. The highest BCUT2D eigenvalue weighted by molar-refractivity contribution is 5.75. The van der Waals surface area contributed by atoms with Crippen molar-refractivity contribution in [1.82, 2.24) is 0 Å². The van der Waals surface area contributed by atoms with Crippen molar-refractivity contribution >= 4 is 5.57 Å². The fourth-order valence-corrected chi connectivity index (χ4v) is 1.86. The van der Waals surface area contributed by atoms with Crippen LogP contribution in [0.4, 0.5) is 0 Å². The molecule has 0 amide bonds. The number of allylic oxidation sites excluding steroid dienone is 4. The van der Waals surface area contributed by atoms with Crippen LogP contribution in [0.3, 0.4) is 0 Å². The van der Waals surface area contributed by atoms with Crippen molar-refractivity contribution in [2.24, 2.45) is 5.92 Å². The Bertz CT molecular complexity index is 383. The predicted molar refractivity (Wildman–Crippen MR) is 73.4 cm³/mol. The molecule has 0 spiro atoms. The van der Waals surface area contributed by atoms with Crippen molar-refractivity contribution in [2.45, 2.75) is 34.1 Å². The third-order valence-electron chi connectivity index (χ3n) is 2.62. The average Bonchev–Trinajstić information content (AvgIpc) is 2.32. The van der Waals surface area contributed by atoms with E-state index in [9.17, 15) is 0 Å². The van der Waals surface area contributed by atoms with Crippen LogP contribution in [0.15, 0.2) is 42.5 Å². The van der Waals surface area contributed by atoms with Crippen LogP contribution in [0.25, 0.3) is 5.57 Å². The zero-order valence-electron chi connectivity index (χ0n) is 10.8. The lowest BCUT2D eigenvalue weighted by Crippen LogP contribution is -1.94. The first-order chi connectivity index (χ1) is 7.75. The van der Waals surface area contributed by atoms with Gasteiger partial charge in [0.05, 0.1) is 0 Å². The molecule has 0 N–H and O–H groups in total. The smallest absolute Gasteiger partial charge is 0.0185 e. The van der Waals surface area contributed by atoms with Gasteiger partial charge >= 0.3 is 0 Å². The van der Waals surface area contributed by atoms with E-state index in [-0.39, 0.29) is 0 Å². The highest BCUT2D eigenvalue weighted by Gasteiger charge is 2.05. The maximum absolute atomic E-state index is 2.36. The second-order valence-corrected chi connectivity index (χ2v) is 4.11. The van der Waals surface area contributed by atoms with Gasteiger partial charge in [-0.05, 0) is 30.4 Å². The lowest BCUT2D eigenvalue weighted by atomic mass is 9.93. The van der Waals surface area contributed by atoms with Gasteiger partial charge in [0.15, 0.2) is 0 Å². The van der Waals surface area contributed by atoms with Gasteiger partial charge in [-0.2, -0.15) is 0 Å². The molecule has 0 heteroatoms. The molecule has 1 aliphatic carbocycles. The van der Waals surface area contributed by atoms with E-state index in [2.05, 4.69) is 56.3 Å². The second kappa shape index (κ2) is 6.32. The van der Waals surface area contributed by atoms with Crippen LogP contribution >= 0.6 is 0 Å². The molecule has 1 unspecified atom stereocenters. The summed E-state index contributed by atoms with van der Waals surface area (Å²) >= 11 is 0. The van der Waals surface area contributed by atoms with Crippen molar-refractivity contribution in [1.29, 1.82) is 0 Å². The highest BCUT2D eigenvalue weighted by Crippen LogP contribution is 2.24. The average molecular weight is 214 g/mol. The molecular formula is C16H22. The molecule has 0 aromatic heterocycles. The van der Waals surface area contributed by atoms with Crippen LogP contribution < -0.4 is 0 Å². The number of rotatable bonds is 1. The largest absolute Gasteiger partial charge is 0.0834 e.